The van der Waals surface area contributed by atoms with Crippen molar-refractivity contribution < 1.29 is 9.18 Å². The number of rotatable bonds is 3. The van der Waals surface area contributed by atoms with E-state index in [1.807, 2.05) is 41.2 Å². The molecule has 4 rings (SSSR count). The van der Waals surface area contributed by atoms with Crippen LogP contribution in [0.4, 0.5) is 4.39 Å². The lowest BCUT2D eigenvalue weighted by atomic mass is 10.2. The highest BCUT2D eigenvalue weighted by molar-refractivity contribution is 6.33. The molecule has 1 aromatic heterocycles. The Bertz CT molecular complexity index is 944. The molecule has 3 aromatic rings. The maximum atomic E-state index is 13.2. The van der Waals surface area contributed by atoms with Gasteiger partial charge in [-0.1, -0.05) is 47.1 Å². The molecule has 5 nitrogen and oxygen atoms in total. The largest absolute Gasteiger partial charge is 0.336 e. The highest BCUT2D eigenvalue weighted by Crippen LogP contribution is 2.26. The fourth-order valence-corrected chi connectivity index (χ4v) is 3.42. The highest BCUT2D eigenvalue weighted by atomic mass is 35.5. The summed E-state index contributed by atoms with van der Waals surface area (Å²) in [6, 6.07) is 13.7. The Morgan fingerprint density at radius 2 is 2.00 bits per heavy atom. The topological polar surface area (TPSA) is 51.0 Å². The van der Waals surface area contributed by atoms with Crippen LogP contribution in [-0.4, -0.2) is 38.9 Å². The Morgan fingerprint density at radius 3 is 2.77 bits per heavy atom. The number of carbonyl (C=O) groups is 1. The first-order chi connectivity index (χ1) is 12.6. The number of hydrogen-bond donors (Lipinski definition) is 0. The predicted molar refractivity (Wildman–Crippen MR) is 96.4 cm³/mol. The second-order valence-electron chi connectivity index (χ2n) is 6.27. The summed E-state index contributed by atoms with van der Waals surface area (Å²) in [6.07, 6.45) is 2.68. The molecule has 0 saturated carbocycles. The molecule has 1 fully saturated rings. The molecular weight excluding hydrogens is 355 g/mol. The SMILES string of the molecule is O=C(c1ccc(F)cc1Cl)N1CC[C@H](n2cc(-c3ccccc3)nn2)C1. The molecule has 1 aliphatic heterocycles. The van der Waals surface area contributed by atoms with Gasteiger partial charge in [-0.15, -0.1) is 5.10 Å². The number of likely N-dealkylation sites (tertiary alicyclic amines) is 1. The van der Waals surface area contributed by atoms with Crippen molar-refractivity contribution in [2.24, 2.45) is 0 Å². The van der Waals surface area contributed by atoms with Crippen LogP contribution >= 0.6 is 11.6 Å². The van der Waals surface area contributed by atoms with E-state index in [0.29, 0.717) is 18.7 Å². The maximum Gasteiger partial charge on any atom is 0.255 e. The monoisotopic (exact) mass is 370 g/mol. The highest BCUT2D eigenvalue weighted by Gasteiger charge is 2.30. The maximum absolute atomic E-state index is 13.2. The summed E-state index contributed by atoms with van der Waals surface area (Å²) < 4.78 is 15.0. The van der Waals surface area contributed by atoms with Crippen LogP contribution in [-0.2, 0) is 0 Å². The van der Waals surface area contributed by atoms with Crippen molar-refractivity contribution in [3.05, 3.63) is 71.1 Å². The number of hydrogen-bond acceptors (Lipinski definition) is 3. The summed E-state index contributed by atoms with van der Waals surface area (Å²) >= 11 is 6.01. The lowest BCUT2D eigenvalue weighted by molar-refractivity contribution is 0.0787. The molecule has 0 spiro atoms. The third-order valence-corrected chi connectivity index (χ3v) is 4.88. The zero-order valence-corrected chi connectivity index (χ0v) is 14.6. The molecule has 0 aliphatic carbocycles. The molecule has 1 atom stereocenters. The van der Waals surface area contributed by atoms with Gasteiger partial charge in [0.1, 0.15) is 11.5 Å². The second kappa shape index (κ2) is 6.88. The van der Waals surface area contributed by atoms with Gasteiger partial charge in [0.25, 0.3) is 5.91 Å². The van der Waals surface area contributed by atoms with Gasteiger partial charge in [0.05, 0.1) is 22.8 Å². The first-order valence-corrected chi connectivity index (χ1v) is 8.71. The van der Waals surface area contributed by atoms with Gasteiger partial charge in [0.15, 0.2) is 0 Å². The number of carbonyl (C=O) groups excluding carboxylic acids is 1. The Kier molecular flexibility index (Phi) is 4.42. The molecule has 0 bridgehead atoms. The van der Waals surface area contributed by atoms with E-state index in [9.17, 15) is 9.18 Å². The minimum absolute atomic E-state index is 0.0585. The van der Waals surface area contributed by atoms with Crippen molar-refractivity contribution in [3.8, 4) is 11.3 Å². The van der Waals surface area contributed by atoms with E-state index in [0.717, 1.165) is 23.7 Å². The van der Waals surface area contributed by atoms with Crippen LogP contribution in [0, 0.1) is 5.82 Å². The van der Waals surface area contributed by atoms with Crippen molar-refractivity contribution in [1.29, 1.82) is 0 Å². The summed E-state index contributed by atoms with van der Waals surface area (Å²) in [5, 5.41) is 8.58. The normalized spacial score (nSPS) is 16.8. The Labute approximate surface area is 155 Å². The van der Waals surface area contributed by atoms with Crippen LogP contribution < -0.4 is 0 Å². The molecule has 1 saturated heterocycles. The van der Waals surface area contributed by atoms with Crippen LogP contribution in [0.1, 0.15) is 22.8 Å². The predicted octanol–water partition coefficient (Wildman–Crippen LogP) is 3.82. The minimum atomic E-state index is -0.457. The molecule has 132 valence electrons. The molecule has 0 unspecified atom stereocenters. The summed E-state index contributed by atoms with van der Waals surface area (Å²) in [5.41, 5.74) is 2.12. The Hall–Kier alpha value is -2.73. The molecule has 26 heavy (non-hydrogen) atoms. The average Bonchev–Trinajstić information content (AvgIpc) is 3.31. The fourth-order valence-electron chi connectivity index (χ4n) is 3.17. The number of aromatic nitrogens is 3. The van der Waals surface area contributed by atoms with Crippen LogP contribution in [0.15, 0.2) is 54.7 Å². The summed E-state index contributed by atoms with van der Waals surface area (Å²) in [4.78, 5) is 14.4. The van der Waals surface area contributed by atoms with Gasteiger partial charge < -0.3 is 4.90 Å². The van der Waals surface area contributed by atoms with E-state index in [4.69, 9.17) is 11.6 Å². The van der Waals surface area contributed by atoms with Crippen molar-refractivity contribution in [2.75, 3.05) is 13.1 Å². The van der Waals surface area contributed by atoms with E-state index in [1.54, 1.807) is 4.90 Å². The van der Waals surface area contributed by atoms with Crippen molar-refractivity contribution in [2.45, 2.75) is 12.5 Å². The third-order valence-electron chi connectivity index (χ3n) is 4.57. The Morgan fingerprint density at radius 1 is 1.19 bits per heavy atom. The van der Waals surface area contributed by atoms with Crippen LogP contribution in [0.25, 0.3) is 11.3 Å². The van der Waals surface area contributed by atoms with Gasteiger partial charge in [-0.2, -0.15) is 0 Å². The molecule has 1 amide bonds. The molecule has 0 radical (unpaired) electrons. The number of nitrogens with zero attached hydrogens (tertiary/aromatic N) is 4. The van der Waals surface area contributed by atoms with Crippen LogP contribution in [0.2, 0.25) is 5.02 Å². The van der Waals surface area contributed by atoms with Gasteiger partial charge in [-0.05, 0) is 24.6 Å². The van der Waals surface area contributed by atoms with E-state index in [-0.39, 0.29) is 17.0 Å². The van der Waals surface area contributed by atoms with Gasteiger partial charge in [0.2, 0.25) is 0 Å². The number of amides is 1. The van der Waals surface area contributed by atoms with E-state index in [1.165, 1.54) is 12.1 Å². The van der Waals surface area contributed by atoms with Crippen molar-refractivity contribution in [3.63, 3.8) is 0 Å². The molecule has 7 heteroatoms. The number of halogens is 2. The molecular formula is C19H16ClFN4O. The summed E-state index contributed by atoms with van der Waals surface area (Å²) in [6.45, 7) is 1.11. The second-order valence-corrected chi connectivity index (χ2v) is 6.67. The van der Waals surface area contributed by atoms with Gasteiger partial charge in [-0.3, -0.25) is 4.79 Å². The van der Waals surface area contributed by atoms with Crippen molar-refractivity contribution in [1.82, 2.24) is 19.9 Å². The summed E-state index contributed by atoms with van der Waals surface area (Å²) in [7, 11) is 0. The zero-order chi connectivity index (χ0) is 18.1. The molecule has 2 aromatic carbocycles. The van der Waals surface area contributed by atoms with Crippen molar-refractivity contribution >= 4 is 17.5 Å². The van der Waals surface area contributed by atoms with Gasteiger partial charge >= 0.3 is 0 Å². The average molecular weight is 371 g/mol. The van der Waals surface area contributed by atoms with Gasteiger partial charge in [-0.25, -0.2) is 9.07 Å². The summed E-state index contributed by atoms with van der Waals surface area (Å²) in [5.74, 6) is -0.650. The molecule has 1 aliphatic rings. The van der Waals surface area contributed by atoms with E-state index >= 15 is 0 Å². The molecule has 2 heterocycles. The van der Waals surface area contributed by atoms with Crippen LogP contribution in [0.3, 0.4) is 0 Å². The smallest absolute Gasteiger partial charge is 0.255 e. The first kappa shape index (κ1) is 16.7. The van der Waals surface area contributed by atoms with Gasteiger partial charge in [0, 0.05) is 18.7 Å². The van der Waals surface area contributed by atoms with E-state index < -0.39 is 5.82 Å². The minimum Gasteiger partial charge on any atom is -0.336 e. The zero-order valence-electron chi connectivity index (χ0n) is 13.8. The third kappa shape index (κ3) is 3.20. The quantitative estimate of drug-likeness (QED) is 0.704. The Balaban J connectivity index is 1.49. The lowest BCUT2D eigenvalue weighted by Gasteiger charge is -2.17. The van der Waals surface area contributed by atoms with Crippen LogP contribution in [0.5, 0.6) is 0 Å². The first-order valence-electron chi connectivity index (χ1n) is 8.33. The lowest BCUT2D eigenvalue weighted by Crippen LogP contribution is -2.29. The number of benzene rings is 2. The fraction of sp³-hybridized carbons (Fsp3) is 0.211. The standard InChI is InChI=1S/C19H16ClFN4O/c20-17-10-14(21)6-7-16(17)19(26)24-9-8-15(11-24)25-12-18(22-23-25)13-4-2-1-3-5-13/h1-7,10,12,15H,8-9,11H2/t15-/m0/s1. The van der Waals surface area contributed by atoms with E-state index in [2.05, 4.69) is 10.3 Å². The molecule has 0 N–H and O–H groups in total.